The van der Waals surface area contributed by atoms with Crippen LogP contribution < -0.4 is 15.8 Å². The van der Waals surface area contributed by atoms with Gasteiger partial charge in [-0.15, -0.1) is 24.8 Å². The van der Waals surface area contributed by atoms with Crippen LogP contribution in [0.3, 0.4) is 0 Å². The fourth-order valence-electron chi connectivity index (χ4n) is 1.84. The van der Waals surface area contributed by atoms with E-state index in [0.29, 0.717) is 5.69 Å². The summed E-state index contributed by atoms with van der Waals surface area (Å²) < 4.78 is 42.9. The quantitative estimate of drug-likeness (QED) is 0.730. The molecule has 1 amide bonds. The van der Waals surface area contributed by atoms with Gasteiger partial charge in [0.15, 0.2) is 0 Å². The minimum atomic E-state index is -4.39. The molecule has 0 saturated carbocycles. The highest BCUT2D eigenvalue weighted by atomic mass is 35.5. The average Bonchev–Trinajstić information content (AvgIpc) is 2.55. The topological polar surface area (TPSA) is 77.2 Å². The first-order valence-electron chi connectivity index (χ1n) is 7.54. The fraction of sp³-hybridized carbons (Fsp3) is 0.294. The molecular formula is C17H20Cl2F3N3O2. The molecule has 0 aliphatic rings. The number of hydrogen-bond donors (Lipinski definition) is 2. The highest BCUT2D eigenvalue weighted by molar-refractivity contribution is 5.92. The number of alkyl halides is 3. The lowest BCUT2D eigenvalue weighted by Gasteiger charge is -2.15. The third-order valence-electron chi connectivity index (χ3n) is 3.61. The number of halogens is 5. The van der Waals surface area contributed by atoms with E-state index >= 15 is 0 Å². The number of aromatic nitrogens is 1. The molecule has 0 aliphatic carbocycles. The van der Waals surface area contributed by atoms with Gasteiger partial charge in [-0.25, -0.2) is 4.98 Å². The Morgan fingerprint density at radius 3 is 2.15 bits per heavy atom. The van der Waals surface area contributed by atoms with Crippen LogP contribution in [0.1, 0.15) is 19.4 Å². The summed E-state index contributed by atoms with van der Waals surface area (Å²) in [7, 11) is 0. The van der Waals surface area contributed by atoms with Crippen molar-refractivity contribution in [1.82, 2.24) is 4.98 Å². The second-order valence-electron chi connectivity index (χ2n) is 5.65. The molecular weight excluding hydrogens is 406 g/mol. The number of rotatable bonds is 5. The van der Waals surface area contributed by atoms with E-state index in [1.807, 2.05) is 0 Å². The van der Waals surface area contributed by atoms with Crippen molar-refractivity contribution < 1.29 is 22.7 Å². The number of nitrogens with two attached hydrogens (primary N) is 1. The standard InChI is InChI=1S/C17H18F3N3O2.2ClH/c1-10(11(2)21)16(24)23-13-5-8-15(22-9-13)25-14-6-3-12(4-7-14)17(18,19)20;;/h3-11H,21H2,1-2H3,(H,23,24);2*1H. The number of carbonyl (C=O) groups excluding carboxylic acids is 1. The third kappa shape index (κ3) is 7.24. The van der Waals surface area contributed by atoms with Crippen LogP contribution in [0.5, 0.6) is 11.6 Å². The Morgan fingerprint density at radius 2 is 1.70 bits per heavy atom. The van der Waals surface area contributed by atoms with Crippen molar-refractivity contribution in [3.8, 4) is 11.6 Å². The number of anilines is 1. The summed E-state index contributed by atoms with van der Waals surface area (Å²) in [6.07, 6.45) is -3.00. The number of pyridine rings is 1. The summed E-state index contributed by atoms with van der Waals surface area (Å²) in [5, 5.41) is 2.68. The number of nitrogens with one attached hydrogen (secondary N) is 1. The molecule has 1 aromatic heterocycles. The van der Waals surface area contributed by atoms with Crippen molar-refractivity contribution in [2.24, 2.45) is 11.7 Å². The van der Waals surface area contributed by atoms with E-state index in [0.717, 1.165) is 12.1 Å². The maximum atomic E-state index is 12.5. The summed E-state index contributed by atoms with van der Waals surface area (Å²) in [4.78, 5) is 15.9. The maximum Gasteiger partial charge on any atom is 0.416 e. The Bertz CT molecular complexity index is 724. The fourth-order valence-corrected chi connectivity index (χ4v) is 1.84. The van der Waals surface area contributed by atoms with Gasteiger partial charge in [-0.1, -0.05) is 6.92 Å². The normalized spacial score (nSPS) is 12.8. The molecule has 10 heteroatoms. The van der Waals surface area contributed by atoms with Crippen LogP contribution in [0.4, 0.5) is 18.9 Å². The minimum Gasteiger partial charge on any atom is -0.439 e. The molecule has 27 heavy (non-hydrogen) atoms. The summed E-state index contributed by atoms with van der Waals surface area (Å²) >= 11 is 0. The maximum absolute atomic E-state index is 12.5. The molecule has 2 unspecified atom stereocenters. The van der Waals surface area contributed by atoms with E-state index in [1.165, 1.54) is 24.4 Å². The van der Waals surface area contributed by atoms with Crippen molar-refractivity contribution >= 4 is 36.4 Å². The largest absolute Gasteiger partial charge is 0.439 e. The second kappa shape index (κ2) is 10.3. The van der Waals surface area contributed by atoms with Crippen LogP contribution >= 0.6 is 24.8 Å². The summed E-state index contributed by atoms with van der Waals surface area (Å²) in [5.41, 5.74) is 5.39. The number of carbonyl (C=O) groups is 1. The van der Waals surface area contributed by atoms with Crippen molar-refractivity contribution in [3.63, 3.8) is 0 Å². The van der Waals surface area contributed by atoms with E-state index in [2.05, 4.69) is 10.3 Å². The molecule has 0 fully saturated rings. The smallest absolute Gasteiger partial charge is 0.416 e. The minimum absolute atomic E-state index is 0. The van der Waals surface area contributed by atoms with Gasteiger partial charge in [0.2, 0.25) is 11.8 Å². The van der Waals surface area contributed by atoms with Crippen molar-refractivity contribution in [1.29, 1.82) is 0 Å². The molecule has 1 heterocycles. The monoisotopic (exact) mass is 425 g/mol. The Hall–Kier alpha value is -2.03. The third-order valence-corrected chi connectivity index (χ3v) is 3.61. The zero-order valence-electron chi connectivity index (χ0n) is 14.5. The van der Waals surface area contributed by atoms with Crippen molar-refractivity contribution in [2.45, 2.75) is 26.1 Å². The van der Waals surface area contributed by atoms with Crippen molar-refractivity contribution in [3.05, 3.63) is 48.2 Å². The molecule has 2 aromatic rings. The van der Waals surface area contributed by atoms with Crippen molar-refractivity contribution in [2.75, 3.05) is 5.32 Å². The van der Waals surface area contributed by atoms with Gasteiger partial charge in [0, 0.05) is 12.1 Å². The van der Waals surface area contributed by atoms with Crippen LogP contribution in [0.15, 0.2) is 42.6 Å². The van der Waals surface area contributed by atoms with E-state index in [9.17, 15) is 18.0 Å². The predicted molar refractivity (Wildman–Crippen MR) is 102 cm³/mol. The van der Waals surface area contributed by atoms with E-state index in [1.54, 1.807) is 19.9 Å². The number of nitrogens with zero attached hydrogens (tertiary/aromatic N) is 1. The first kappa shape index (κ1) is 25.0. The van der Waals surface area contributed by atoms with Crippen LogP contribution in [0, 0.1) is 5.92 Å². The summed E-state index contributed by atoms with van der Waals surface area (Å²) in [5.74, 6) is -0.169. The van der Waals surface area contributed by atoms with Gasteiger partial charge in [-0.05, 0) is 37.3 Å². The molecule has 150 valence electrons. The van der Waals surface area contributed by atoms with Gasteiger partial charge in [-0.3, -0.25) is 4.79 Å². The van der Waals surface area contributed by atoms with E-state index in [-0.39, 0.29) is 54.3 Å². The summed E-state index contributed by atoms with van der Waals surface area (Å²) in [6, 6.07) is 7.09. The molecule has 3 N–H and O–H groups in total. The van der Waals surface area contributed by atoms with Gasteiger partial charge in [0.25, 0.3) is 0 Å². The average molecular weight is 426 g/mol. The second-order valence-corrected chi connectivity index (χ2v) is 5.65. The molecule has 1 aromatic carbocycles. The molecule has 0 spiro atoms. The van der Waals surface area contributed by atoms with Crippen LogP contribution in [-0.4, -0.2) is 16.9 Å². The Labute approximate surface area is 167 Å². The Kier molecular flexibility index (Phi) is 9.56. The van der Waals surface area contributed by atoms with E-state index in [4.69, 9.17) is 10.5 Å². The van der Waals surface area contributed by atoms with Gasteiger partial charge < -0.3 is 15.8 Å². The van der Waals surface area contributed by atoms with Gasteiger partial charge >= 0.3 is 6.18 Å². The highest BCUT2D eigenvalue weighted by Gasteiger charge is 2.30. The lowest BCUT2D eigenvalue weighted by Crippen LogP contribution is -2.34. The molecule has 0 saturated heterocycles. The zero-order valence-corrected chi connectivity index (χ0v) is 16.1. The first-order valence-corrected chi connectivity index (χ1v) is 7.54. The lowest BCUT2D eigenvalue weighted by molar-refractivity contribution is -0.137. The highest BCUT2D eigenvalue weighted by Crippen LogP contribution is 2.31. The Morgan fingerprint density at radius 1 is 1.11 bits per heavy atom. The Balaban J connectivity index is 0.00000338. The van der Waals surface area contributed by atoms with Gasteiger partial charge in [0.05, 0.1) is 23.4 Å². The van der Waals surface area contributed by atoms with Crippen LogP contribution in [0.2, 0.25) is 0 Å². The molecule has 0 bridgehead atoms. The van der Waals surface area contributed by atoms with Gasteiger partial charge in [-0.2, -0.15) is 13.2 Å². The van der Waals surface area contributed by atoms with Crippen LogP contribution in [-0.2, 0) is 11.0 Å². The van der Waals surface area contributed by atoms with Gasteiger partial charge in [0.1, 0.15) is 5.75 Å². The number of amides is 1. The molecule has 2 atom stereocenters. The van der Waals surface area contributed by atoms with Crippen LogP contribution in [0.25, 0.3) is 0 Å². The molecule has 0 aliphatic heterocycles. The number of ether oxygens (including phenoxy) is 1. The number of benzene rings is 1. The molecule has 5 nitrogen and oxygen atoms in total. The lowest BCUT2D eigenvalue weighted by atomic mass is 10.0. The predicted octanol–water partition coefficient (Wildman–Crippen LogP) is 4.66. The molecule has 2 rings (SSSR count). The zero-order chi connectivity index (χ0) is 18.6. The number of hydrogen-bond acceptors (Lipinski definition) is 4. The summed E-state index contributed by atoms with van der Waals surface area (Å²) in [6.45, 7) is 3.46. The molecule has 0 radical (unpaired) electrons. The first-order chi connectivity index (χ1) is 11.7. The van der Waals surface area contributed by atoms with E-state index < -0.39 is 11.7 Å². The SMILES string of the molecule is CC(N)C(C)C(=O)Nc1ccc(Oc2ccc(C(F)(F)F)cc2)nc1.Cl.Cl.